The molecule has 1 amide bonds. The number of ether oxygens (including phenoxy) is 2. The molecule has 5 nitrogen and oxygen atoms in total. The summed E-state index contributed by atoms with van der Waals surface area (Å²) in [7, 11) is 1.55. The Bertz CT molecular complexity index is 664. The van der Waals surface area contributed by atoms with Crippen molar-refractivity contribution in [1.29, 1.82) is 0 Å². The number of thioether (sulfide) groups is 1. The van der Waals surface area contributed by atoms with Gasteiger partial charge in [0.15, 0.2) is 6.61 Å². The minimum atomic E-state index is -0.532. The van der Waals surface area contributed by atoms with Crippen molar-refractivity contribution in [1.82, 2.24) is 5.32 Å². The second kappa shape index (κ2) is 10.5. The highest BCUT2D eigenvalue weighted by atomic mass is 32.2. The highest BCUT2D eigenvalue weighted by Crippen LogP contribution is 2.36. The molecular weight excluding hydrogens is 338 g/mol. The predicted molar refractivity (Wildman–Crippen MR) is 97.3 cm³/mol. The summed E-state index contributed by atoms with van der Waals surface area (Å²) in [6, 6.07) is 19.0. The predicted octanol–water partition coefficient (Wildman–Crippen LogP) is 2.83. The summed E-state index contributed by atoms with van der Waals surface area (Å²) in [6.07, 6.45) is 0. The van der Waals surface area contributed by atoms with E-state index in [9.17, 15) is 9.59 Å². The molecular formula is C19H21NO4S. The van der Waals surface area contributed by atoms with Gasteiger partial charge in [0.2, 0.25) is 0 Å². The van der Waals surface area contributed by atoms with Crippen molar-refractivity contribution in [3.05, 3.63) is 66.2 Å². The van der Waals surface area contributed by atoms with Crippen molar-refractivity contribution in [2.45, 2.75) is 10.1 Å². The molecule has 6 heteroatoms. The summed E-state index contributed by atoms with van der Waals surface area (Å²) < 4.78 is 10.1. The van der Waals surface area contributed by atoms with E-state index >= 15 is 0 Å². The number of hydrogen-bond acceptors (Lipinski definition) is 5. The van der Waals surface area contributed by atoms with Gasteiger partial charge in [-0.15, -0.1) is 11.8 Å². The zero-order chi connectivity index (χ0) is 17.9. The molecule has 0 aliphatic carbocycles. The fraction of sp³-hybridized carbons (Fsp3) is 0.263. The molecule has 1 atom stereocenters. The number of esters is 1. The maximum absolute atomic E-state index is 12.5. The first-order chi connectivity index (χ1) is 12.2. The van der Waals surface area contributed by atoms with E-state index in [1.54, 1.807) is 7.11 Å². The Morgan fingerprint density at radius 2 is 1.68 bits per heavy atom. The Morgan fingerprint density at radius 1 is 1.04 bits per heavy atom. The van der Waals surface area contributed by atoms with Crippen LogP contribution in [0.3, 0.4) is 0 Å². The lowest BCUT2D eigenvalue weighted by Gasteiger charge is -2.16. The van der Waals surface area contributed by atoms with Gasteiger partial charge < -0.3 is 14.8 Å². The highest BCUT2D eigenvalue weighted by molar-refractivity contribution is 8.00. The molecule has 0 bridgehead atoms. The highest BCUT2D eigenvalue weighted by Gasteiger charge is 2.24. The molecule has 2 aromatic carbocycles. The Hall–Kier alpha value is -2.31. The number of amides is 1. The topological polar surface area (TPSA) is 64.6 Å². The van der Waals surface area contributed by atoms with Crippen molar-refractivity contribution in [2.75, 3.05) is 26.9 Å². The van der Waals surface area contributed by atoms with Gasteiger partial charge in [-0.05, 0) is 17.7 Å². The molecule has 25 heavy (non-hydrogen) atoms. The summed E-state index contributed by atoms with van der Waals surface area (Å²) in [4.78, 5) is 25.2. The third kappa shape index (κ3) is 6.60. The first-order valence-corrected chi connectivity index (χ1v) is 8.77. The second-order valence-corrected chi connectivity index (χ2v) is 6.35. The molecule has 132 valence electrons. The molecule has 0 heterocycles. The first kappa shape index (κ1) is 19.0. The summed E-state index contributed by atoms with van der Waals surface area (Å²) in [5, 5.41) is 2.09. The molecule has 1 N–H and O–H groups in total. The Balaban J connectivity index is 2.00. The fourth-order valence-electron chi connectivity index (χ4n) is 2.07. The number of rotatable bonds is 9. The third-order valence-electron chi connectivity index (χ3n) is 3.29. The minimum Gasteiger partial charge on any atom is -0.454 e. The average molecular weight is 359 g/mol. The van der Waals surface area contributed by atoms with Gasteiger partial charge in [0.25, 0.3) is 5.91 Å². The molecule has 0 spiro atoms. The zero-order valence-electron chi connectivity index (χ0n) is 14.0. The van der Waals surface area contributed by atoms with Gasteiger partial charge >= 0.3 is 5.97 Å². The van der Waals surface area contributed by atoms with Gasteiger partial charge in [-0.2, -0.15) is 0 Å². The van der Waals surface area contributed by atoms with Crippen LogP contribution in [-0.2, 0) is 19.1 Å². The van der Waals surface area contributed by atoms with Crippen molar-refractivity contribution < 1.29 is 19.1 Å². The quantitative estimate of drug-likeness (QED) is 0.424. The van der Waals surface area contributed by atoms with E-state index in [0.29, 0.717) is 13.2 Å². The van der Waals surface area contributed by atoms with E-state index in [0.717, 1.165) is 10.5 Å². The van der Waals surface area contributed by atoms with Gasteiger partial charge in [0.05, 0.1) is 6.61 Å². The lowest BCUT2D eigenvalue weighted by molar-refractivity contribution is -0.148. The van der Waals surface area contributed by atoms with Crippen LogP contribution in [-0.4, -0.2) is 38.7 Å². The van der Waals surface area contributed by atoms with Crippen LogP contribution in [0.25, 0.3) is 0 Å². The standard InChI is InChI=1S/C19H21NO4S/c1-23-13-12-20-17(21)14-24-19(22)18(15-8-4-2-5-9-15)25-16-10-6-3-7-11-16/h2-11,18H,12-14H2,1H3,(H,20,21)/t18-/m0/s1. The molecule has 0 unspecified atom stereocenters. The van der Waals surface area contributed by atoms with E-state index in [-0.39, 0.29) is 12.5 Å². The molecule has 0 aliphatic rings. The van der Waals surface area contributed by atoms with E-state index in [1.165, 1.54) is 11.8 Å². The van der Waals surface area contributed by atoms with Crippen LogP contribution >= 0.6 is 11.8 Å². The van der Waals surface area contributed by atoms with Crippen LogP contribution in [0.5, 0.6) is 0 Å². The SMILES string of the molecule is COCCNC(=O)COC(=O)[C@@H](Sc1ccccc1)c1ccccc1. The largest absolute Gasteiger partial charge is 0.454 e. The Kier molecular flexibility index (Phi) is 8.01. The summed E-state index contributed by atoms with van der Waals surface area (Å²) in [5.74, 6) is -0.788. The van der Waals surface area contributed by atoms with E-state index in [2.05, 4.69) is 5.32 Å². The van der Waals surface area contributed by atoms with Crippen LogP contribution in [0.2, 0.25) is 0 Å². The number of benzene rings is 2. The van der Waals surface area contributed by atoms with Crippen molar-refractivity contribution >= 4 is 23.6 Å². The van der Waals surface area contributed by atoms with Gasteiger partial charge in [-0.3, -0.25) is 9.59 Å². The van der Waals surface area contributed by atoms with Crippen LogP contribution in [0, 0.1) is 0 Å². The summed E-state index contributed by atoms with van der Waals surface area (Å²) >= 11 is 1.40. The minimum absolute atomic E-state index is 0.304. The number of carbonyl (C=O) groups excluding carboxylic acids is 2. The second-order valence-electron chi connectivity index (χ2n) is 5.17. The summed E-state index contributed by atoms with van der Waals surface area (Å²) in [5.41, 5.74) is 0.834. The van der Waals surface area contributed by atoms with Crippen LogP contribution in [0.1, 0.15) is 10.8 Å². The van der Waals surface area contributed by atoms with Gasteiger partial charge in [0, 0.05) is 18.6 Å². The van der Waals surface area contributed by atoms with E-state index in [4.69, 9.17) is 9.47 Å². The maximum Gasteiger partial charge on any atom is 0.324 e. The first-order valence-electron chi connectivity index (χ1n) is 7.89. The molecule has 0 radical (unpaired) electrons. The number of carbonyl (C=O) groups is 2. The van der Waals surface area contributed by atoms with Crippen LogP contribution in [0.4, 0.5) is 0 Å². The number of hydrogen-bond donors (Lipinski definition) is 1. The third-order valence-corrected chi connectivity index (χ3v) is 4.53. The van der Waals surface area contributed by atoms with Crippen molar-refractivity contribution in [3.8, 4) is 0 Å². The smallest absolute Gasteiger partial charge is 0.324 e. The average Bonchev–Trinajstić information content (AvgIpc) is 2.66. The lowest BCUT2D eigenvalue weighted by atomic mass is 10.1. The molecule has 0 fully saturated rings. The normalized spacial score (nSPS) is 11.6. The molecule has 0 saturated carbocycles. The lowest BCUT2D eigenvalue weighted by Crippen LogP contribution is -2.32. The molecule has 2 aromatic rings. The maximum atomic E-state index is 12.5. The van der Waals surface area contributed by atoms with Crippen molar-refractivity contribution in [2.24, 2.45) is 0 Å². The molecule has 0 aromatic heterocycles. The molecule has 2 rings (SSSR count). The zero-order valence-corrected chi connectivity index (χ0v) is 14.8. The Morgan fingerprint density at radius 3 is 2.32 bits per heavy atom. The van der Waals surface area contributed by atoms with Crippen LogP contribution < -0.4 is 5.32 Å². The Labute approximate surface area is 151 Å². The molecule has 0 aliphatic heterocycles. The van der Waals surface area contributed by atoms with Gasteiger partial charge in [-0.25, -0.2) is 0 Å². The van der Waals surface area contributed by atoms with Crippen molar-refractivity contribution in [3.63, 3.8) is 0 Å². The van der Waals surface area contributed by atoms with Gasteiger partial charge in [0.1, 0.15) is 5.25 Å². The summed E-state index contributed by atoms with van der Waals surface area (Å²) in [6.45, 7) is 0.491. The van der Waals surface area contributed by atoms with Gasteiger partial charge in [-0.1, -0.05) is 48.5 Å². The van der Waals surface area contributed by atoms with Crippen LogP contribution in [0.15, 0.2) is 65.6 Å². The monoisotopic (exact) mass is 359 g/mol. The molecule has 0 saturated heterocycles. The van der Waals surface area contributed by atoms with E-state index < -0.39 is 11.2 Å². The number of methoxy groups -OCH3 is 1. The fourth-order valence-corrected chi connectivity index (χ4v) is 3.12. The number of nitrogens with one attached hydrogen (secondary N) is 1. The van der Waals surface area contributed by atoms with E-state index in [1.807, 2.05) is 60.7 Å².